The summed E-state index contributed by atoms with van der Waals surface area (Å²) in [5.74, 6) is 1.08. The molecule has 0 fully saturated rings. The number of nitrogens with zero attached hydrogens (tertiary/aromatic N) is 2. The maximum Gasteiger partial charge on any atom is 0.222 e. The monoisotopic (exact) mass is 303 g/mol. The molecule has 0 radical (unpaired) electrons. The lowest BCUT2D eigenvalue weighted by Crippen LogP contribution is -2.30. The molecule has 1 N–H and O–H groups in total. The molecule has 5 nitrogen and oxygen atoms in total. The zero-order valence-corrected chi connectivity index (χ0v) is 13.6. The lowest BCUT2D eigenvalue weighted by Gasteiger charge is -2.10. The van der Waals surface area contributed by atoms with Crippen LogP contribution in [0.5, 0.6) is 0 Å². The van der Waals surface area contributed by atoms with E-state index in [4.69, 9.17) is 4.74 Å². The van der Waals surface area contributed by atoms with Gasteiger partial charge in [-0.15, -0.1) is 0 Å². The molecule has 2 rings (SSSR count). The smallest absolute Gasteiger partial charge is 0.222 e. The fourth-order valence-corrected chi connectivity index (χ4v) is 2.37. The Kier molecular flexibility index (Phi) is 5.95. The number of rotatable bonds is 8. The van der Waals surface area contributed by atoms with Gasteiger partial charge in [0.25, 0.3) is 0 Å². The first-order chi connectivity index (χ1) is 10.6. The van der Waals surface area contributed by atoms with Gasteiger partial charge in [0.05, 0.1) is 17.6 Å². The van der Waals surface area contributed by atoms with Gasteiger partial charge in [-0.3, -0.25) is 4.79 Å². The SMILES string of the molecule is CCOCCn1c(CCNC(=O)C(C)C)nc2ccccc21. The van der Waals surface area contributed by atoms with Crippen LogP contribution in [0, 0.1) is 5.92 Å². The van der Waals surface area contributed by atoms with E-state index in [1.165, 1.54) is 0 Å². The summed E-state index contributed by atoms with van der Waals surface area (Å²) in [6.45, 7) is 8.55. The Balaban J connectivity index is 2.09. The number of nitrogens with one attached hydrogen (secondary N) is 1. The molecule has 0 saturated carbocycles. The van der Waals surface area contributed by atoms with Crippen molar-refractivity contribution in [2.24, 2.45) is 5.92 Å². The minimum atomic E-state index is 0.0109. The normalized spacial score (nSPS) is 11.3. The second-order valence-corrected chi connectivity index (χ2v) is 5.56. The lowest BCUT2D eigenvalue weighted by atomic mass is 10.2. The third kappa shape index (κ3) is 4.07. The summed E-state index contributed by atoms with van der Waals surface area (Å²) in [7, 11) is 0. The van der Waals surface area contributed by atoms with E-state index in [2.05, 4.69) is 20.9 Å². The quantitative estimate of drug-likeness (QED) is 0.762. The molecule has 2 aromatic rings. The van der Waals surface area contributed by atoms with Crippen molar-refractivity contribution in [2.75, 3.05) is 19.8 Å². The second kappa shape index (κ2) is 7.94. The van der Waals surface area contributed by atoms with Gasteiger partial charge in [-0.25, -0.2) is 4.98 Å². The van der Waals surface area contributed by atoms with Gasteiger partial charge in [0.1, 0.15) is 5.82 Å². The summed E-state index contributed by atoms with van der Waals surface area (Å²) in [5, 5.41) is 2.95. The largest absolute Gasteiger partial charge is 0.380 e. The Morgan fingerprint density at radius 1 is 1.36 bits per heavy atom. The first kappa shape index (κ1) is 16.5. The molecule has 1 amide bonds. The Morgan fingerprint density at radius 2 is 2.14 bits per heavy atom. The van der Waals surface area contributed by atoms with Gasteiger partial charge in [0.2, 0.25) is 5.91 Å². The molecule has 120 valence electrons. The van der Waals surface area contributed by atoms with Crippen LogP contribution in [0.4, 0.5) is 0 Å². The van der Waals surface area contributed by atoms with Crippen LogP contribution >= 0.6 is 0 Å². The second-order valence-electron chi connectivity index (χ2n) is 5.56. The Morgan fingerprint density at radius 3 is 2.86 bits per heavy atom. The van der Waals surface area contributed by atoms with Crippen molar-refractivity contribution in [1.82, 2.24) is 14.9 Å². The third-order valence-electron chi connectivity index (χ3n) is 3.57. The highest BCUT2D eigenvalue weighted by molar-refractivity contribution is 5.78. The molecule has 0 bridgehead atoms. The summed E-state index contributed by atoms with van der Waals surface area (Å²) in [6.07, 6.45) is 0.721. The molecule has 0 aliphatic carbocycles. The van der Waals surface area contributed by atoms with Crippen LogP contribution in [0.1, 0.15) is 26.6 Å². The predicted molar refractivity (Wildman–Crippen MR) is 87.8 cm³/mol. The number of benzene rings is 1. The summed E-state index contributed by atoms with van der Waals surface area (Å²) in [6, 6.07) is 8.10. The van der Waals surface area contributed by atoms with Crippen LogP contribution in [-0.2, 0) is 22.5 Å². The average Bonchev–Trinajstić information content (AvgIpc) is 2.85. The fourth-order valence-electron chi connectivity index (χ4n) is 2.37. The van der Waals surface area contributed by atoms with Crippen molar-refractivity contribution in [3.05, 3.63) is 30.1 Å². The van der Waals surface area contributed by atoms with E-state index in [0.29, 0.717) is 19.8 Å². The van der Waals surface area contributed by atoms with Crippen molar-refractivity contribution in [2.45, 2.75) is 33.7 Å². The number of amides is 1. The fraction of sp³-hybridized carbons (Fsp3) is 0.529. The number of ether oxygens (including phenoxy) is 1. The zero-order chi connectivity index (χ0) is 15.9. The molecule has 5 heteroatoms. The van der Waals surface area contributed by atoms with Crippen molar-refractivity contribution >= 4 is 16.9 Å². The number of aromatic nitrogens is 2. The lowest BCUT2D eigenvalue weighted by molar-refractivity contribution is -0.123. The average molecular weight is 303 g/mol. The molecule has 0 aliphatic heterocycles. The number of imidazole rings is 1. The van der Waals surface area contributed by atoms with E-state index >= 15 is 0 Å². The maximum atomic E-state index is 11.6. The third-order valence-corrected chi connectivity index (χ3v) is 3.57. The molecule has 1 heterocycles. The molecular weight excluding hydrogens is 278 g/mol. The van der Waals surface area contributed by atoms with Crippen molar-refractivity contribution in [3.8, 4) is 0 Å². The number of hydrogen-bond donors (Lipinski definition) is 1. The summed E-state index contributed by atoms with van der Waals surface area (Å²) < 4.78 is 7.65. The van der Waals surface area contributed by atoms with Crippen LogP contribution in [0.15, 0.2) is 24.3 Å². The van der Waals surface area contributed by atoms with E-state index in [1.54, 1.807) is 0 Å². The Bertz CT molecular complexity index is 619. The topological polar surface area (TPSA) is 56.1 Å². The highest BCUT2D eigenvalue weighted by atomic mass is 16.5. The van der Waals surface area contributed by atoms with Crippen LogP contribution in [0.2, 0.25) is 0 Å². The highest BCUT2D eigenvalue weighted by Gasteiger charge is 2.11. The van der Waals surface area contributed by atoms with Crippen LogP contribution in [0.25, 0.3) is 11.0 Å². The molecular formula is C17H25N3O2. The van der Waals surface area contributed by atoms with Gasteiger partial charge in [-0.05, 0) is 19.1 Å². The minimum absolute atomic E-state index is 0.0109. The number of carbonyl (C=O) groups is 1. The molecule has 22 heavy (non-hydrogen) atoms. The van der Waals surface area contributed by atoms with Crippen LogP contribution in [0.3, 0.4) is 0 Å². The van der Waals surface area contributed by atoms with Gasteiger partial charge >= 0.3 is 0 Å². The Hall–Kier alpha value is -1.88. The van der Waals surface area contributed by atoms with E-state index in [-0.39, 0.29) is 11.8 Å². The van der Waals surface area contributed by atoms with Gasteiger partial charge in [-0.2, -0.15) is 0 Å². The number of fused-ring (bicyclic) bond motifs is 1. The van der Waals surface area contributed by atoms with E-state index in [9.17, 15) is 4.79 Å². The highest BCUT2D eigenvalue weighted by Crippen LogP contribution is 2.16. The van der Waals surface area contributed by atoms with Crippen molar-refractivity contribution < 1.29 is 9.53 Å². The summed E-state index contributed by atoms with van der Waals surface area (Å²) in [5.41, 5.74) is 2.11. The van der Waals surface area contributed by atoms with Gasteiger partial charge in [0.15, 0.2) is 0 Å². The molecule has 0 saturated heterocycles. The molecule has 0 unspecified atom stereocenters. The summed E-state index contributed by atoms with van der Waals surface area (Å²) >= 11 is 0. The van der Waals surface area contributed by atoms with Crippen LogP contribution in [-0.4, -0.2) is 35.2 Å². The molecule has 0 spiro atoms. The first-order valence-corrected chi connectivity index (χ1v) is 7.93. The Labute approximate surface area is 131 Å². The summed E-state index contributed by atoms with van der Waals surface area (Å²) in [4.78, 5) is 16.3. The number of hydrogen-bond acceptors (Lipinski definition) is 3. The van der Waals surface area contributed by atoms with E-state index in [0.717, 1.165) is 29.8 Å². The standard InChI is InChI=1S/C17H25N3O2/c1-4-22-12-11-20-15-8-6-5-7-14(15)19-16(20)9-10-18-17(21)13(2)3/h5-8,13H,4,9-12H2,1-3H3,(H,18,21). The number of para-hydroxylation sites is 2. The first-order valence-electron chi connectivity index (χ1n) is 7.93. The van der Waals surface area contributed by atoms with Gasteiger partial charge in [0, 0.05) is 32.0 Å². The van der Waals surface area contributed by atoms with E-state index in [1.807, 2.05) is 39.0 Å². The zero-order valence-electron chi connectivity index (χ0n) is 13.6. The maximum absolute atomic E-state index is 11.6. The van der Waals surface area contributed by atoms with E-state index < -0.39 is 0 Å². The van der Waals surface area contributed by atoms with Gasteiger partial charge in [-0.1, -0.05) is 26.0 Å². The van der Waals surface area contributed by atoms with Crippen LogP contribution < -0.4 is 5.32 Å². The number of carbonyl (C=O) groups excluding carboxylic acids is 1. The molecule has 1 aromatic heterocycles. The van der Waals surface area contributed by atoms with Crippen molar-refractivity contribution in [3.63, 3.8) is 0 Å². The molecule has 0 atom stereocenters. The predicted octanol–water partition coefficient (Wildman–Crippen LogP) is 2.39. The molecule has 1 aromatic carbocycles. The van der Waals surface area contributed by atoms with Crippen molar-refractivity contribution in [1.29, 1.82) is 0 Å². The van der Waals surface area contributed by atoms with Gasteiger partial charge < -0.3 is 14.6 Å². The minimum Gasteiger partial charge on any atom is -0.380 e. The molecule has 0 aliphatic rings.